The van der Waals surface area contributed by atoms with Gasteiger partial charge in [-0.3, -0.25) is 4.99 Å². The molecule has 0 aromatic carbocycles. The van der Waals surface area contributed by atoms with Crippen LogP contribution < -0.4 is 0 Å². The molecule has 0 atom stereocenters. The van der Waals surface area contributed by atoms with Gasteiger partial charge in [-0.05, 0) is 25.0 Å². The molecule has 0 aliphatic rings. The average Bonchev–Trinajstić information content (AvgIpc) is 2.19. The zero-order valence-electron chi connectivity index (χ0n) is 11.8. The minimum Gasteiger partial charge on any atom is -0.294 e. The van der Waals surface area contributed by atoms with Crippen molar-refractivity contribution in [3.8, 4) is 0 Å². The third-order valence-corrected chi connectivity index (χ3v) is 1.69. The molecule has 0 aliphatic carbocycles. The fourth-order valence-electron chi connectivity index (χ4n) is 1.29. The number of rotatable bonds is 3. The minimum atomic E-state index is 0.505. The first kappa shape index (κ1) is 19.3. The molecule has 0 heterocycles. The second-order valence-corrected chi connectivity index (χ2v) is 3.39. The summed E-state index contributed by atoms with van der Waals surface area (Å²) >= 11 is 0. The smallest absolute Gasteiger partial charge is 0.0541 e. The molecule has 88 valence electrons. The van der Waals surface area contributed by atoms with Gasteiger partial charge >= 0.3 is 0 Å². The summed E-state index contributed by atoms with van der Waals surface area (Å²) in [6, 6.07) is 0.505. The predicted molar refractivity (Wildman–Crippen MR) is 70.3 cm³/mol. The van der Waals surface area contributed by atoms with Crippen LogP contribution in [0.5, 0.6) is 0 Å². The van der Waals surface area contributed by atoms with Gasteiger partial charge in [0.2, 0.25) is 0 Å². The van der Waals surface area contributed by atoms with Crippen LogP contribution in [0.4, 0.5) is 0 Å². The Morgan fingerprint density at radius 2 is 1.07 bits per heavy atom. The SMILES string of the molecule is CC.CC.CC=NC(C(C)C)C(C)C. The third kappa shape index (κ3) is 11.7. The van der Waals surface area contributed by atoms with Crippen LogP contribution >= 0.6 is 0 Å². The van der Waals surface area contributed by atoms with Gasteiger partial charge in [-0.2, -0.15) is 0 Å². The molecule has 0 saturated carbocycles. The van der Waals surface area contributed by atoms with Crippen LogP contribution in [-0.4, -0.2) is 12.3 Å². The summed E-state index contributed by atoms with van der Waals surface area (Å²) in [6.45, 7) is 18.9. The van der Waals surface area contributed by atoms with Gasteiger partial charge in [0, 0.05) is 0 Å². The van der Waals surface area contributed by atoms with Gasteiger partial charge in [0.15, 0.2) is 0 Å². The Morgan fingerprint density at radius 3 is 1.14 bits per heavy atom. The minimum absolute atomic E-state index is 0.505. The Labute approximate surface area is 92.0 Å². The summed E-state index contributed by atoms with van der Waals surface area (Å²) in [5.41, 5.74) is 0. The van der Waals surface area contributed by atoms with Crippen LogP contribution in [-0.2, 0) is 0 Å². The van der Waals surface area contributed by atoms with Crippen LogP contribution in [0.25, 0.3) is 0 Å². The summed E-state index contributed by atoms with van der Waals surface area (Å²) in [5, 5.41) is 0. The molecular weight excluding hydrogens is 170 g/mol. The first-order valence-electron chi connectivity index (χ1n) is 6.07. The van der Waals surface area contributed by atoms with E-state index in [-0.39, 0.29) is 0 Å². The van der Waals surface area contributed by atoms with Crippen LogP contribution in [0.2, 0.25) is 0 Å². The van der Waals surface area contributed by atoms with E-state index in [0.717, 1.165) is 0 Å². The predicted octanol–water partition coefficient (Wildman–Crippen LogP) is 4.81. The lowest BCUT2D eigenvalue weighted by molar-refractivity contribution is 0.390. The van der Waals surface area contributed by atoms with E-state index >= 15 is 0 Å². The Morgan fingerprint density at radius 1 is 0.786 bits per heavy atom. The molecule has 14 heavy (non-hydrogen) atoms. The summed E-state index contributed by atoms with van der Waals surface area (Å²) in [4.78, 5) is 4.40. The molecule has 0 radical (unpaired) electrons. The topological polar surface area (TPSA) is 12.4 Å². The molecule has 0 aliphatic heterocycles. The lowest BCUT2D eigenvalue weighted by atomic mass is 9.94. The van der Waals surface area contributed by atoms with Crippen LogP contribution in [0.1, 0.15) is 62.3 Å². The van der Waals surface area contributed by atoms with E-state index in [1.807, 2.05) is 40.8 Å². The van der Waals surface area contributed by atoms with Crippen molar-refractivity contribution >= 4 is 6.21 Å². The van der Waals surface area contributed by atoms with Gasteiger partial charge in [0.25, 0.3) is 0 Å². The van der Waals surface area contributed by atoms with E-state index in [1.54, 1.807) is 0 Å². The maximum atomic E-state index is 4.40. The highest BCUT2D eigenvalue weighted by atomic mass is 14.8. The molecule has 1 nitrogen and oxygen atoms in total. The van der Waals surface area contributed by atoms with E-state index in [9.17, 15) is 0 Å². The van der Waals surface area contributed by atoms with Crippen molar-refractivity contribution in [1.82, 2.24) is 0 Å². The van der Waals surface area contributed by atoms with E-state index in [0.29, 0.717) is 17.9 Å². The summed E-state index contributed by atoms with van der Waals surface area (Å²) in [7, 11) is 0. The lowest BCUT2D eigenvalue weighted by Crippen LogP contribution is -2.19. The molecule has 0 aromatic rings. The standard InChI is InChI=1S/C9H19N.2C2H6/c1-6-10-9(7(2)3)8(4)5;2*1-2/h6-9H,1-5H3;2*1-2H3. The molecule has 1 heteroatoms. The monoisotopic (exact) mass is 201 g/mol. The Balaban J connectivity index is -0.000000266. The van der Waals surface area contributed by atoms with Gasteiger partial charge in [-0.1, -0.05) is 55.4 Å². The zero-order chi connectivity index (χ0) is 12.1. The van der Waals surface area contributed by atoms with Crippen molar-refractivity contribution < 1.29 is 0 Å². The maximum absolute atomic E-state index is 4.40. The first-order valence-corrected chi connectivity index (χ1v) is 6.07. The zero-order valence-corrected chi connectivity index (χ0v) is 11.8. The van der Waals surface area contributed by atoms with Gasteiger partial charge < -0.3 is 0 Å². The van der Waals surface area contributed by atoms with E-state index in [1.165, 1.54) is 0 Å². The molecule has 0 bridgehead atoms. The van der Waals surface area contributed by atoms with E-state index in [4.69, 9.17) is 0 Å². The summed E-state index contributed by atoms with van der Waals surface area (Å²) in [5.74, 6) is 1.33. The first-order chi connectivity index (χ1) is 6.59. The van der Waals surface area contributed by atoms with Gasteiger partial charge in [-0.15, -0.1) is 0 Å². The molecule has 0 rings (SSSR count). The van der Waals surface area contributed by atoms with Crippen molar-refractivity contribution in [2.45, 2.75) is 68.4 Å². The highest BCUT2D eigenvalue weighted by Crippen LogP contribution is 2.15. The lowest BCUT2D eigenvalue weighted by Gasteiger charge is -2.19. The maximum Gasteiger partial charge on any atom is 0.0541 e. The van der Waals surface area contributed by atoms with Crippen molar-refractivity contribution in [2.75, 3.05) is 0 Å². The summed E-state index contributed by atoms with van der Waals surface area (Å²) < 4.78 is 0. The molecule has 0 N–H and O–H groups in total. The molecule has 0 fully saturated rings. The quantitative estimate of drug-likeness (QED) is 0.581. The molecule has 0 unspecified atom stereocenters. The van der Waals surface area contributed by atoms with Crippen molar-refractivity contribution in [3.63, 3.8) is 0 Å². The van der Waals surface area contributed by atoms with Gasteiger partial charge in [0.1, 0.15) is 0 Å². The Hall–Kier alpha value is -0.330. The van der Waals surface area contributed by atoms with E-state index < -0.39 is 0 Å². The normalized spacial score (nSPS) is 10.0. The largest absolute Gasteiger partial charge is 0.294 e. The molecular formula is C13H31N. The van der Waals surface area contributed by atoms with Crippen LogP contribution in [0, 0.1) is 11.8 Å². The molecule has 0 saturated heterocycles. The second kappa shape index (κ2) is 15.2. The fraction of sp³-hybridized carbons (Fsp3) is 0.923. The third-order valence-electron chi connectivity index (χ3n) is 1.69. The second-order valence-electron chi connectivity index (χ2n) is 3.39. The highest BCUT2D eigenvalue weighted by Gasteiger charge is 2.14. The van der Waals surface area contributed by atoms with Gasteiger partial charge in [-0.25, -0.2) is 0 Å². The molecule has 0 spiro atoms. The molecule has 0 amide bonds. The van der Waals surface area contributed by atoms with Crippen molar-refractivity contribution in [2.24, 2.45) is 16.8 Å². The number of aliphatic imine (C=N–C) groups is 1. The Bertz CT molecular complexity index is 95.8. The average molecular weight is 201 g/mol. The molecule has 0 aromatic heterocycles. The van der Waals surface area contributed by atoms with Crippen LogP contribution in [0.3, 0.4) is 0 Å². The number of hydrogen-bond acceptors (Lipinski definition) is 1. The Kier molecular flexibility index (Phi) is 20.9. The number of hydrogen-bond donors (Lipinski definition) is 0. The highest BCUT2D eigenvalue weighted by molar-refractivity contribution is 5.53. The van der Waals surface area contributed by atoms with Crippen LogP contribution in [0.15, 0.2) is 4.99 Å². The van der Waals surface area contributed by atoms with Crippen molar-refractivity contribution in [3.05, 3.63) is 0 Å². The number of nitrogens with zero attached hydrogens (tertiary/aromatic N) is 1. The van der Waals surface area contributed by atoms with E-state index in [2.05, 4.69) is 32.7 Å². The summed E-state index contributed by atoms with van der Waals surface area (Å²) in [6.07, 6.45) is 1.91. The fourth-order valence-corrected chi connectivity index (χ4v) is 1.29. The van der Waals surface area contributed by atoms with Crippen molar-refractivity contribution in [1.29, 1.82) is 0 Å². The van der Waals surface area contributed by atoms with Gasteiger partial charge in [0.05, 0.1) is 6.04 Å².